The number of carbonyl (C=O) groups is 1. The second-order valence-corrected chi connectivity index (χ2v) is 5.17. The van der Waals surface area contributed by atoms with Crippen LogP contribution in [0.2, 0.25) is 0 Å². The molecule has 0 saturated carbocycles. The molecule has 2 heterocycles. The zero-order valence-corrected chi connectivity index (χ0v) is 12.2. The van der Waals surface area contributed by atoms with Gasteiger partial charge in [-0.15, -0.1) is 16.4 Å². The molecule has 1 amide bonds. The van der Waals surface area contributed by atoms with E-state index in [4.69, 9.17) is 0 Å². The third-order valence-corrected chi connectivity index (χ3v) is 3.66. The SMILES string of the molecule is CCc1c(C(=O)Nc2nccs2)nnn1-c1ccccc1. The minimum absolute atomic E-state index is 0.288. The summed E-state index contributed by atoms with van der Waals surface area (Å²) < 4.78 is 1.69. The number of aromatic nitrogens is 4. The van der Waals surface area contributed by atoms with E-state index in [1.54, 1.807) is 16.3 Å². The number of hydrogen-bond donors (Lipinski definition) is 1. The smallest absolute Gasteiger partial charge is 0.279 e. The molecule has 0 aliphatic carbocycles. The number of nitrogens with zero attached hydrogens (tertiary/aromatic N) is 4. The number of amides is 1. The van der Waals surface area contributed by atoms with E-state index >= 15 is 0 Å². The molecule has 0 unspecified atom stereocenters. The van der Waals surface area contributed by atoms with Gasteiger partial charge in [0.05, 0.1) is 11.4 Å². The molecule has 0 aliphatic heterocycles. The molecule has 106 valence electrons. The number of thiazole rings is 1. The molecule has 0 spiro atoms. The van der Waals surface area contributed by atoms with Crippen molar-refractivity contribution in [3.05, 3.63) is 53.3 Å². The Hall–Kier alpha value is -2.54. The van der Waals surface area contributed by atoms with Crippen LogP contribution in [-0.4, -0.2) is 25.9 Å². The first-order valence-corrected chi connectivity index (χ1v) is 7.38. The summed E-state index contributed by atoms with van der Waals surface area (Å²) in [4.78, 5) is 16.3. The first-order chi connectivity index (χ1) is 10.3. The monoisotopic (exact) mass is 299 g/mol. The van der Waals surface area contributed by atoms with E-state index in [1.165, 1.54) is 11.3 Å². The van der Waals surface area contributed by atoms with Crippen LogP contribution in [0.3, 0.4) is 0 Å². The molecule has 3 rings (SSSR count). The number of rotatable bonds is 4. The Balaban J connectivity index is 1.93. The lowest BCUT2D eigenvalue weighted by Gasteiger charge is -2.05. The number of para-hydroxylation sites is 1. The fraction of sp³-hybridized carbons (Fsp3) is 0.143. The number of hydrogen-bond acceptors (Lipinski definition) is 5. The van der Waals surface area contributed by atoms with Crippen LogP contribution in [0.15, 0.2) is 41.9 Å². The number of benzene rings is 1. The Labute approximate surface area is 125 Å². The van der Waals surface area contributed by atoms with Crippen LogP contribution in [0.4, 0.5) is 5.13 Å². The second kappa shape index (κ2) is 5.84. The summed E-state index contributed by atoms with van der Waals surface area (Å²) in [5, 5.41) is 13.2. The Morgan fingerprint density at radius 1 is 1.33 bits per heavy atom. The van der Waals surface area contributed by atoms with Gasteiger partial charge >= 0.3 is 0 Å². The van der Waals surface area contributed by atoms with Crippen LogP contribution in [0.1, 0.15) is 23.1 Å². The summed E-state index contributed by atoms with van der Waals surface area (Å²) >= 11 is 1.36. The molecule has 2 aromatic heterocycles. The van der Waals surface area contributed by atoms with Gasteiger partial charge in [0.1, 0.15) is 0 Å². The summed E-state index contributed by atoms with van der Waals surface area (Å²) in [5.41, 5.74) is 1.99. The van der Waals surface area contributed by atoms with Gasteiger partial charge in [-0.3, -0.25) is 10.1 Å². The summed E-state index contributed by atoms with van der Waals surface area (Å²) in [5.74, 6) is -0.288. The maximum absolute atomic E-state index is 12.3. The summed E-state index contributed by atoms with van der Waals surface area (Å²) in [6, 6.07) is 9.63. The fourth-order valence-corrected chi connectivity index (χ4v) is 2.54. The number of nitrogens with one attached hydrogen (secondary N) is 1. The van der Waals surface area contributed by atoms with Gasteiger partial charge in [0.2, 0.25) is 0 Å². The third-order valence-electron chi connectivity index (χ3n) is 2.97. The van der Waals surface area contributed by atoms with Gasteiger partial charge in [-0.2, -0.15) is 0 Å². The second-order valence-electron chi connectivity index (χ2n) is 4.28. The lowest BCUT2D eigenvalue weighted by atomic mass is 10.2. The van der Waals surface area contributed by atoms with Gasteiger partial charge in [0.25, 0.3) is 5.91 Å². The maximum Gasteiger partial charge on any atom is 0.279 e. The van der Waals surface area contributed by atoms with Crippen molar-refractivity contribution in [2.45, 2.75) is 13.3 Å². The first kappa shape index (κ1) is 13.4. The molecule has 7 heteroatoms. The molecule has 1 N–H and O–H groups in total. The van der Waals surface area contributed by atoms with E-state index in [-0.39, 0.29) is 5.91 Å². The van der Waals surface area contributed by atoms with Crippen LogP contribution in [0, 0.1) is 0 Å². The Bertz CT molecular complexity index is 736. The number of carbonyl (C=O) groups excluding carboxylic acids is 1. The van der Waals surface area contributed by atoms with Crippen molar-refractivity contribution < 1.29 is 4.79 Å². The minimum atomic E-state index is -0.288. The van der Waals surface area contributed by atoms with Crippen LogP contribution < -0.4 is 5.32 Å². The average molecular weight is 299 g/mol. The van der Waals surface area contributed by atoms with Crippen LogP contribution in [0.25, 0.3) is 5.69 Å². The molecular weight excluding hydrogens is 286 g/mol. The van der Waals surface area contributed by atoms with E-state index in [1.807, 2.05) is 37.3 Å². The normalized spacial score (nSPS) is 10.5. The Kier molecular flexibility index (Phi) is 3.74. The minimum Gasteiger partial charge on any atom is -0.296 e. The molecule has 0 saturated heterocycles. The highest BCUT2D eigenvalue weighted by molar-refractivity contribution is 7.13. The third kappa shape index (κ3) is 2.68. The van der Waals surface area contributed by atoms with Gasteiger partial charge in [-0.1, -0.05) is 30.3 Å². The molecule has 0 aliphatic rings. The quantitative estimate of drug-likeness (QED) is 0.803. The lowest BCUT2D eigenvalue weighted by molar-refractivity contribution is 0.102. The van der Waals surface area contributed by atoms with Crippen molar-refractivity contribution in [3.63, 3.8) is 0 Å². The molecular formula is C14H13N5OS. The standard InChI is InChI=1S/C14H13N5OS/c1-2-11-12(13(20)16-14-15-8-9-21-14)17-18-19(11)10-6-4-3-5-7-10/h3-9H,2H2,1H3,(H,15,16,20). The van der Waals surface area contributed by atoms with Crippen molar-refractivity contribution in [3.8, 4) is 5.69 Å². The average Bonchev–Trinajstić information content (AvgIpc) is 3.16. The van der Waals surface area contributed by atoms with Gasteiger partial charge in [-0.25, -0.2) is 9.67 Å². The van der Waals surface area contributed by atoms with E-state index in [2.05, 4.69) is 20.6 Å². The van der Waals surface area contributed by atoms with Crippen molar-refractivity contribution in [1.82, 2.24) is 20.0 Å². The predicted molar refractivity (Wildman–Crippen MR) is 80.8 cm³/mol. The molecule has 21 heavy (non-hydrogen) atoms. The molecule has 0 bridgehead atoms. The molecule has 0 fully saturated rings. The highest BCUT2D eigenvalue weighted by atomic mass is 32.1. The van der Waals surface area contributed by atoms with Crippen molar-refractivity contribution in [1.29, 1.82) is 0 Å². The zero-order chi connectivity index (χ0) is 14.7. The fourth-order valence-electron chi connectivity index (χ4n) is 2.01. The van der Waals surface area contributed by atoms with Gasteiger partial charge in [-0.05, 0) is 18.6 Å². The van der Waals surface area contributed by atoms with Crippen molar-refractivity contribution >= 4 is 22.4 Å². The predicted octanol–water partition coefficient (Wildman–Crippen LogP) is 2.54. The highest BCUT2D eigenvalue weighted by Gasteiger charge is 2.19. The topological polar surface area (TPSA) is 72.7 Å². The molecule has 0 radical (unpaired) electrons. The molecule has 3 aromatic rings. The summed E-state index contributed by atoms with van der Waals surface area (Å²) in [6.45, 7) is 1.97. The van der Waals surface area contributed by atoms with E-state index in [0.717, 1.165) is 11.4 Å². The largest absolute Gasteiger partial charge is 0.296 e. The first-order valence-electron chi connectivity index (χ1n) is 6.50. The zero-order valence-electron chi connectivity index (χ0n) is 11.4. The number of anilines is 1. The van der Waals surface area contributed by atoms with Crippen LogP contribution >= 0.6 is 11.3 Å². The van der Waals surface area contributed by atoms with Crippen LogP contribution in [0.5, 0.6) is 0 Å². The van der Waals surface area contributed by atoms with Crippen molar-refractivity contribution in [2.75, 3.05) is 5.32 Å². The van der Waals surface area contributed by atoms with Gasteiger partial charge in [0.15, 0.2) is 10.8 Å². The Morgan fingerprint density at radius 3 is 2.81 bits per heavy atom. The Morgan fingerprint density at radius 2 is 2.14 bits per heavy atom. The van der Waals surface area contributed by atoms with E-state index < -0.39 is 0 Å². The maximum atomic E-state index is 12.3. The summed E-state index contributed by atoms with van der Waals surface area (Å²) in [7, 11) is 0. The van der Waals surface area contributed by atoms with Gasteiger partial charge < -0.3 is 0 Å². The van der Waals surface area contributed by atoms with Crippen molar-refractivity contribution in [2.24, 2.45) is 0 Å². The molecule has 6 nitrogen and oxygen atoms in total. The molecule has 1 aromatic carbocycles. The van der Waals surface area contributed by atoms with E-state index in [0.29, 0.717) is 17.2 Å². The van der Waals surface area contributed by atoms with E-state index in [9.17, 15) is 4.79 Å². The van der Waals surface area contributed by atoms with Gasteiger partial charge in [0, 0.05) is 11.6 Å². The molecule has 0 atom stereocenters. The lowest BCUT2D eigenvalue weighted by Crippen LogP contribution is -2.15. The highest BCUT2D eigenvalue weighted by Crippen LogP contribution is 2.16. The summed E-state index contributed by atoms with van der Waals surface area (Å²) in [6.07, 6.45) is 2.30. The van der Waals surface area contributed by atoms with Crippen LogP contribution in [-0.2, 0) is 6.42 Å².